The van der Waals surface area contributed by atoms with Crippen LogP contribution in [0.15, 0.2) is 5.16 Å². The van der Waals surface area contributed by atoms with E-state index in [-0.39, 0.29) is 11.3 Å². The topological polar surface area (TPSA) is 108 Å². The van der Waals surface area contributed by atoms with Crippen LogP contribution in [0.5, 0.6) is 0 Å². The van der Waals surface area contributed by atoms with E-state index in [1.54, 1.807) is 0 Å². The number of sulfonamides is 1. The van der Waals surface area contributed by atoms with E-state index in [1.165, 1.54) is 10.6 Å². The highest BCUT2D eigenvalue weighted by molar-refractivity contribution is 7.88. The van der Waals surface area contributed by atoms with Crippen molar-refractivity contribution in [2.75, 3.05) is 25.9 Å². The van der Waals surface area contributed by atoms with Gasteiger partial charge in [0, 0.05) is 32.1 Å². The SMILES string of the molecule is CS(=O)(=O)N1CCC(NCC2(CC(N)=NO)CC2)CC1. The monoisotopic (exact) mass is 304 g/mol. The van der Waals surface area contributed by atoms with Crippen LogP contribution in [0.3, 0.4) is 0 Å². The van der Waals surface area contributed by atoms with Crippen molar-refractivity contribution in [3.8, 4) is 0 Å². The highest BCUT2D eigenvalue weighted by Crippen LogP contribution is 2.48. The summed E-state index contributed by atoms with van der Waals surface area (Å²) in [7, 11) is -3.05. The minimum absolute atomic E-state index is 0.143. The number of nitrogens with two attached hydrogens (primary N) is 1. The van der Waals surface area contributed by atoms with E-state index < -0.39 is 10.0 Å². The molecule has 0 aromatic carbocycles. The van der Waals surface area contributed by atoms with Crippen LogP contribution in [0.4, 0.5) is 0 Å². The molecule has 0 radical (unpaired) electrons. The van der Waals surface area contributed by atoms with Crippen molar-refractivity contribution >= 4 is 15.9 Å². The molecule has 0 amide bonds. The second-order valence-corrected chi connectivity index (χ2v) is 8.07. The highest BCUT2D eigenvalue weighted by atomic mass is 32.2. The van der Waals surface area contributed by atoms with E-state index in [2.05, 4.69) is 10.5 Å². The van der Waals surface area contributed by atoms with Crippen molar-refractivity contribution in [2.24, 2.45) is 16.3 Å². The van der Waals surface area contributed by atoms with E-state index in [1.807, 2.05) is 0 Å². The Hall–Kier alpha value is -0.860. The zero-order valence-electron chi connectivity index (χ0n) is 11.9. The van der Waals surface area contributed by atoms with Crippen LogP contribution >= 0.6 is 0 Å². The summed E-state index contributed by atoms with van der Waals surface area (Å²) in [4.78, 5) is 0. The Bertz CT molecular complexity index is 465. The molecule has 2 fully saturated rings. The molecule has 0 atom stereocenters. The molecule has 7 nitrogen and oxygen atoms in total. The molecule has 0 bridgehead atoms. The van der Waals surface area contributed by atoms with Crippen molar-refractivity contribution in [3.63, 3.8) is 0 Å². The molecule has 20 heavy (non-hydrogen) atoms. The van der Waals surface area contributed by atoms with Crippen LogP contribution < -0.4 is 11.1 Å². The summed E-state index contributed by atoms with van der Waals surface area (Å²) >= 11 is 0. The van der Waals surface area contributed by atoms with E-state index in [0.29, 0.717) is 25.6 Å². The van der Waals surface area contributed by atoms with Gasteiger partial charge in [-0.25, -0.2) is 12.7 Å². The van der Waals surface area contributed by atoms with Gasteiger partial charge in [0.15, 0.2) is 0 Å². The molecule has 0 aromatic rings. The first-order valence-corrected chi connectivity index (χ1v) is 8.84. The average molecular weight is 304 g/mol. The van der Waals surface area contributed by atoms with E-state index >= 15 is 0 Å². The quantitative estimate of drug-likeness (QED) is 0.275. The fourth-order valence-corrected chi connectivity index (χ4v) is 3.64. The van der Waals surface area contributed by atoms with Gasteiger partial charge in [-0.1, -0.05) is 5.16 Å². The first-order chi connectivity index (χ1) is 9.35. The Morgan fingerprint density at radius 3 is 2.50 bits per heavy atom. The molecule has 2 aliphatic rings. The van der Waals surface area contributed by atoms with Gasteiger partial charge >= 0.3 is 0 Å². The van der Waals surface area contributed by atoms with Gasteiger partial charge in [0.25, 0.3) is 0 Å². The fourth-order valence-electron chi connectivity index (χ4n) is 2.76. The maximum atomic E-state index is 11.4. The molecular weight excluding hydrogens is 280 g/mol. The summed E-state index contributed by atoms with van der Waals surface area (Å²) in [5, 5.41) is 15.2. The molecule has 0 aromatic heterocycles. The Morgan fingerprint density at radius 1 is 1.45 bits per heavy atom. The van der Waals surface area contributed by atoms with Gasteiger partial charge in [0.1, 0.15) is 5.84 Å². The molecule has 2 rings (SSSR count). The molecule has 1 heterocycles. The predicted octanol–water partition coefficient (Wildman–Crippen LogP) is -0.0833. The van der Waals surface area contributed by atoms with Crippen LogP contribution in [-0.2, 0) is 10.0 Å². The first-order valence-electron chi connectivity index (χ1n) is 7.00. The van der Waals surface area contributed by atoms with Crippen molar-refractivity contribution in [1.82, 2.24) is 9.62 Å². The third kappa shape index (κ3) is 4.07. The van der Waals surface area contributed by atoms with E-state index in [0.717, 1.165) is 32.2 Å². The number of rotatable bonds is 6. The standard InChI is InChI=1S/C12H24N4O3S/c1-20(18,19)16-6-2-10(3-7-16)14-9-12(4-5-12)8-11(13)15-17/h10,14,17H,2-9H2,1H3,(H2,13,15). The number of piperidine rings is 1. The lowest BCUT2D eigenvalue weighted by Crippen LogP contribution is -2.46. The maximum absolute atomic E-state index is 11.4. The molecule has 1 aliphatic carbocycles. The summed E-state index contributed by atoms with van der Waals surface area (Å²) < 4.78 is 24.4. The van der Waals surface area contributed by atoms with Crippen molar-refractivity contribution < 1.29 is 13.6 Å². The maximum Gasteiger partial charge on any atom is 0.211 e. The Kier molecular flexibility index (Phi) is 4.55. The summed E-state index contributed by atoms with van der Waals surface area (Å²) in [6.07, 6.45) is 5.76. The van der Waals surface area contributed by atoms with Crippen molar-refractivity contribution in [1.29, 1.82) is 0 Å². The second-order valence-electron chi connectivity index (χ2n) is 6.09. The minimum Gasteiger partial charge on any atom is -0.409 e. The van der Waals surface area contributed by atoms with Gasteiger partial charge in [-0.3, -0.25) is 0 Å². The predicted molar refractivity (Wildman–Crippen MR) is 77.1 cm³/mol. The van der Waals surface area contributed by atoms with Gasteiger partial charge in [-0.2, -0.15) is 0 Å². The molecule has 0 spiro atoms. The summed E-state index contributed by atoms with van der Waals surface area (Å²) in [5.74, 6) is 0.288. The normalized spacial score (nSPS) is 24.8. The molecule has 1 aliphatic heterocycles. The average Bonchev–Trinajstić information content (AvgIpc) is 3.16. The first kappa shape index (κ1) is 15.5. The molecule has 116 valence electrons. The Labute approximate surface area is 120 Å². The van der Waals surface area contributed by atoms with Crippen LogP contribution in [0.1, 0.15) is 32.1 Å². The third-order valence-electron chi connectivity index (χ3n) is 4.33. The molecule has 0 unspecified atom stereocenters. The minimum atomic E-state index is -3.05. The molecule has 4 N–H and O–H groups in total. The van der Waals surface area contributed by atoms with Gasteiger partial charge in [0.2, 0.25) is 10.0 Å². The third-order valence-corrected chi connectivity index (χ3v) is 5.63. The lowest BCUT2D eigenvalue weighted by molar-refractivity contribution is 0.277. The zero-order valence-corrected chi connectivity index (χ0v) is 12.7. The molecular formula is C12H24N4O3S. The highest BCUT2D eigenvalue weighted by Gasteiger charge is 2.43. The van der Waals surface area contributed by atoms with E-state index in [4.69, 9.17) is 10.9 Å². The van der Waals surface area contributed by atoms with Gasteiger partial charge in [-0.05, 0) is 31.1 Å². The molecule has 1 saturated carbocycles. The Morgan fingerprint density at radius 2 is 2.05 bits per heavy atom. The number of hydrogen-bond donors (Lipinski definition) is 3. The summed E-state index contributed by atoms with van der Waals surface area (Å²) in [6, 6.07) is 0.359. The summed E-state index contributed by atoms with van der Waals surface area (Å²) in [6.45, 7) is 2.03. The second kappa shape index (κ2) is 5.87. The number of oxime groups is 1. The van der Waals surface area contributed by atoms with Crippen LogP contribution in [0.2, 0.25) is 0 Å². The number of amidine groups is 1. The van der Waals surface area contributed by atoms with E-state index in [9.17, 15) is 8.42 Å². The van der Waals surface area contributed by atoms with Crippen LogP contribution in [0.25, 0.3) is 0 Å². The Balaban J connectivity index is 1.74. The largest absolute Gasteiger partial charge is 0.409 e. The van der Waals surface area contributed by atoms with Crippen LogP contribution in [-0.4, -0.2) is 55.7 Å². The number of nitrogens with zero attached hydrogens (tertiary/aromatic N) is 2. The van der Waals surface area contributed by atoms with Crippen molar-refractivity contribution in [2.45, 2.75) is 38.1 Å². The lowest BCUT2D eigenvalue weighted by Gasteiger charge is -2.31. The van der Waals surface area contributed by atoms with Gasteiger partial charge in [-0.15, -0.1) is 0 Å². The number of hydrogen-bond acceptors (Lipinski definition) is 5. The lowest BCUT2D eigenvalue weighted by atomic mass is 10.00. The zero-order chi connectivity index (χ0) is 14.8. The fraction of sp³-hybridized carbons (Fsp3) is 0.917. The summed E-state index contributed by atoms with van der Waals surface area (Å²) in [5.41, 5.74) is 5.72. The number of nitrogens with one attached hydrogen (secondary N) is 1. The molecule has 8 heteroatoms. The van der Waals surface area contributed by atoms with Gasteiger partial charge in [0.05, 0.1) is 6.26 Å². The van der Waals surface area contributed by atoms with Crippen LogP contribution in [0, 0.1) is 5.41 Å². The smallest absolute Gasteiger partial charge is 0.211 e. The van der Waals surface area contributed by atoms with Crippen molar-refractivity contribution in [3.05, 3.63) is 0 Å². The molecule has 1 saturated heterocycles. The van der Waals surface area contributed by atoms with Gasteiger partial charge < -0.3 is 16.3 Å².